The third-order valence-corrected chi connectivity index (χ3v) is 4.96. The van der Waals surface area contributed by atoms with Crippen LogP contribution in [0.1, 0.15) is 18.3 Å². The Labute approximate surface area is 155 Å². The quantitative estimate of drug-likeness (QED) is 0.525. The molecular weight excluding hydrogens is 342 g/mol. The second-order valence-corrected chi connectivity index (χ2v) is 6.95. The third-order valence-electron chi connectivity index (χ3n) is 4.96. The Hall–Kier alpha value is -3.35. The van der Waals surface area contributed by atoms with E-state index in [1.54, 1.807) is 14.0 Å². The van der Waals surface area contributed by atoms with Gasteiger partial charge in [0, 0.05) is 24.1 Å². The summed E-state index contributed by atoms with van der Waals surface area (Å²) in [5.41, 5.74) is 3.64. The van der Waals surface area contributed by atoms with Crippen LogP contribution in [0.15, 0.2) is 52.1 Å². The average molecular weight is 363 g/mol. The smallest absolute Gasteiger partial charge is 0.283 e. The molecule has 0 fully saturated rings. The van der Waals surface area contributed by atoms with Crippen LogP contribution in [0.25, 0.3) is 22.6 Å². The number of aryl methyl sites for hydroxylation is 2. The van der Waals surface area contributed by atoms with E-state index < -0.39 is 5.69 Å². The fourth-order valence-corrected chi connectivity index (χ4v) is 3.55. The van der Waals surface area contributed by atoms with Gasteiger partial charge in [-0.05, 0) is 32.9 Å². The molecule has 138 valence electrons. The maximum atomic E-state index is 13.2. The van der Waals surface area contributed by atoms with Crippen molar-refractivity contribution >= 4 is 16.9 Å². The summed E-state index contributed by atoms with van der Waals surface area (Å²) >= 11 is 0. The van der Waals surface area contributed by atoms with Crippen LogP contribution in [-0.2, 0) is 13.6 Å². The first kappa shape index (κ1) is 17.1. The fourth-order valence-electron chi connectivity index (χ4n) is 3.55. The van der Waals surface area contributed by atoms with Crippen molar-refractivity contribution in [1.29, 1.82) is 0 Å². The topological polar surface area (TPSA) is 66.2 Å². The molecule has 0 amide bonds. The summed E-state index contributed by atoms with van der Waals surface area (Å²) < 4.78 is 6.49. The number of rotatable bonds is 3. The van der Waals surface area contributed by atoms with Gasteiger partial charge in [-0.15, -0.1) is 0 Å². The standard InChI is InChI=1S/C20H21N5O2/c1-12(2)11-23-18(26)16-17(22(5)20(23)27)21-19-24(13(3)14(4)25(16)19)15-9-7-6-8-10-15/h6-10H,1,11H2,2-5H3. The third kappa shape index (κ3) is 2.31. The summed E-state index contributed by atoms with van der Waals surface area (Å²) in [5.74, 6) is 0.617. The molecule has 4 rings (SSSR count). The van der Waals surface area contributed by atoms with Crippen molar-refractivity contribution in [2.75, 3.05) is 0 Å². The number of allylic oxidation sites excluding steroid dienone is 1. The largest absolute Gasteiger partial charge is 0.332 e. The second-order valence-electron chi connectivity index (χ2n) is 6.95. The summed E-state index contributed by atoms with van der Waals surface area (Å²) in [4.78, 5) is 30.5. The minimum absolute atomic E-state index is 0.187. The maximum Gasteiger partial charge on any atom is 0.332 e. The van der Waals surface area contributed by atoms with E-state index in [1.165, 1.54) is 9.13 Å². The molecule has 0 unspecified atom stereocenters. The SMILES string of the molecule is C=C(C)Cn1c(=O)c2c(nc3n(-c4ccccc4)c(C)c(C)n23)n(C)c1=O. The molecule has 4 aromatic rings. The molecular formula is C20H21N5O2. The van der Waals surface area contributed by atoms with Crippen molar-refractivity contribution in [2.24, 2.45) is 7.05 Å². The molecule has 7 nitrogen and oxygen atoms in total. The number of aromatic nitrogens is 5. The number of nitrogens with zero attached hydrogens (tertiary/aromatic N) is 5. The Morgan fingerprint density at radius 1 is 1.11 bits per heavy atom. The lowest BCUT2D eigenvalue weighted by Gasteiger charge is -2.08. The Kier molecular flexibility index (Phi) is 3.69. The van der Waals surface area contributed by atoms with E-state index in [4.69, 9.17) is 0 Å². The van der Waals surface area contributed by atoms with Crippen LogP contribution < -0.4 is 11.2 Å². The maximum absolute atomic E-state index is 13.2. The molecule has 27 heavy (non-hydrogen) atoms. The van der Waals surface area contributed by atoms with Crippen molar-refractivity contribution in [3.63, 3.8) is 0 Å². The molecule has 3 aromatic heterocycles. The van der Waals surface area contributed by atoms with Crippen LogP contribution in [0.4, 0.5) is 0 Å². The molecule has 0 saturated carbocycles. The van der Waals surface area contributed by atoms with Crippen molar-refractivity contribution in [1.82, 2.24) is 23.1 Å². The summed E-state index contributed by atoms with van der Waals surface area (Å²) in [7, 11) is 1.64. The molecule has 0 aliphatic rings. The van der Waals surface area contributed by atoms with Gasteiger partial charge < -0.3 is 0 Å². The number of fused-ring (bicyclic) bond motifs is 3. The molecule has 7 heteroatoms. The highest BCUT2D eigenvalue weighted by Crippen LogP contribution is 2.24. The van der Waals surface area contributed by atoms with Crippen molar-refractivity contribution in [2.45, 2.75) is 27.3 Å². The van der Waals surface area contributed by atoms with Gasteiger partial charge in [0.15, 0.2) is 11.2 Å². The lowest BCUT2D eigenvalue weighted by molar-refractivity contribution is 0.651. The molecule has 0 atom stereocenters. The number of para-hydroxylation sites is 1. The van der Waals surface area contributed by atoms with Crippen LogP contribution in [0, 0.1) is 13.8 Å². The summed E-state index contributed by atoms with van der Waals surface area (Å²) in [6, 6.07) is 9.85. The molecule has 0 bridgehead atoms. The van der Waals surface area contributed by atoms with E-state index >= 15 is 0 Å². The van der Waals surface area contributed by atoms with Gasteiger partial charge in [0.1, 0.15) is 0 Å². The highest BCUT2D eigenvalue weighted by atomic mass is 16.2. The molecule has 3 heterocycles. The lowest BCUT2D eigenvalue weighted by atomic mass is 10.3. The zero-order chi connectivity index (χ0) is 19.5. The minimum atomic E-state index is -0.392. The zero-order valence-corrected chi connectivity index (χ0v) is 15.9. The normalized spacial score (nSPS) is 11.6. The van der Waals surface area contributed by atoms with Crippen LogP contribution >= 0.6 is 0 Å². The number of hydrogen-bond acceptors (Lipinski definition) is 3. The van der Waals surface area contributed by atoms with Gasteiger partial charge in [0.25, 0.3) is 5.56 Å². The Balaban J connectivity index is 2.21. The molecule has 0 aliphatic carbocycles. The van der Waals surface area contributed by atoms with Gasteiger partial charge in [-0.1, -0.05) is 30.4 Å². The van der Waals surface area contributed by atoms with E-state index in [2.05, 4.69) is 11.6 Å². The Bertz CT molecular complexity index is 1330. The number of imidazole rings is 2. The predicted octanol–water partition coefficient (Wildman–Crippen LogP) is 2.33. The van der Waals surface area contributed by atoms with Gasteiger partial charge >= 0.3 is 5.69 Å². The summed E-state index contributed by atoms with van der Waals surface area (Å²) in [6.45, 7) is 9.77. The first-order valence-corrected chi connectivity index (χ1v) is 8.72. The van der Waals surface area contributed by atoms with E-state index in [1.807, 2.05) is 53.1 Å². The van der Waals surface area contributed by atoms with Gasteiger partial charge in [-0.2, -0.15) is 4.98 Å². The second kappa shape index (κ2) is 5.84. The first-order valence-electron chi connectivity index (χ1n) is 8.72. The lowest BCUT2D eigenvalue weighted by Crippen LogP contribution is -2.39. The highest BCUT2D eigenvalue weighted by molar-refractivity contribution is 5.77. The molecule has 0 radical (unpaired) electrons. The van der Waals surface area contributed by atoms with E-state index in [0.717, 1.165) is 22.6 Å². The molecule has 1 aromatic carbocycles. The molecule has 0 aliphatic heterocycles. The van der Waals surface area contributed by atoms with Gasteiger partial charge in [-0.25, -0.2) is 4.79 Å². The minimum Gasteiger partial charge on any atom is -0.283 e. The van der Waals surface area contributed by atoms with Gasteiger partial charge in [0.2, 0.25) is 5.78 Å². The zero-order valence-electron chi connectivity index (χ0n) is 15.9. The van der Waals surface area contributed by atoms with E-state index in [0.29, 0.717) is 16.9 Å². The van der Waals surface area contributed by atoms with E-state index in [9.17, 15) is 9.59 Å². The molecule has 0 N–H and O–H groups in total. The summed E-state index contributed by atoms with van der Waals surface area (Å²) in [6.07, 6.45) is 0. The van der Waals surface area contributed by atoms with Crippen LogP contribution in [0.5, 0.6) is 0 Å². The van der Waals surface area contributed by atoms with Crippen LogP contribution in [-0.4, -0.2) is 23.1 Å². The van der Waals surface area contributed by atoms with Gasteiger partial charge in [0.05, 0.1) is 6.54 Å². The summed E-state index contributed by atoms with van der Waals surface area (Å²) in [5, 5.41) is 0. The van der Waals surface area contributed by atoms with E-state index in [-0.39, 0.29) is 12.1 Å². The highest BCUT2D eigenvalue weighted by Gasteiger charge is 2.23. The fraction of sp³-hybridized carbons (Fsp3) is 0.250. The van der Waals surface area contributed by atoms with Crippen molar-refractivity contribution < 1.29 is 0 Å². The van der Waals surface area contributed by atoms with Gasteiger partial charge in [-0.3, -0.25) is 22.9 Å². The Morgan fingerprint density at radius 3 is 2.41 bits per heavy atom. The van der Waals surface area contributed by atoms with Crippen LogP contribution in [0.2, 0.25) is 0 Å². The average Bonchev–Trinajstić information content (AvgIpc) is 3.14. The van der Waals surface area contributed by atoms with Crippen LogP contribution in [0.3, 0.4) is 0 Å². The monoisotopic (exact) mass is 363 g/mol. The van der Waals surface area contributed by atoms with Crippen molar-refractivity contribution in [3.8, 4) is 5.69 Å². The van der Waals surface area contributed by atoms with Crippen molar-refractivity contribution in [3.05, 3.63) is 74.7 Å². The molecule has 0 saturated heterocycles. The number of benzene rings is 1. The number of hydrogen-bond donors (Lipinski definition) is 0. The Morgan fingerprint density at radius 2 is 1.78 bits per heavy atom. The molecule has 0 spiro atoms. The predicted molar refractivity (Wildman–Crippen MR) is 106 cm³/mol. The first-order chi connectivity index (χ1) is 12.8.